The Morgan fingerprint density at radius 3 is 2.16 bits per heavy atom. The third kappa shape index (κ3) is 1.85. The molecule has 0 radical (unpaired) electrons. The smallest absolute Gasteiger partial charge is 0.316 e. The fourth-order valence-electron chi connectivity index (χ4n) is 2.69. The van der Waals surface area contributed by atoms with Gasteiger partial charge in [-0.15, -0.1) is 0 Å². The number of nitrogens with two attached hydrogens (primary N) is 1. The Morgan fingerprint density at radius 2 is 1.74 bits per heavy atom. The van der Waals surface area contributed by atoms with E-state index in [0.717, 1.165) is 11.1 Å². The van der Waals surface area contributed by atoms with Crippen molar-refractivity contribution >= 4 is 5.97 Å². The van der Waals surface area contributed by atoms with Crippen molar-refractivity contribution in [1.29, 1.82) is 0 Å². The van der Waals surface area contributed by atoms with Crippen LogP contribution in [0, 0.1) is 0 Å². The second-order valence-corrected chi connectivity index (χ2v) is 5.42. The van der Waals surface area contributed by atoms with Crippen LogP contribution in [0.15, 0.2) is 24.3 Å². The minimum absolute atomic E-state index is 0.235. The Hall–Kier alpha value is -1.43. The first-order chi connectivity index (χ1) is 9.07. The van der Waals surface area contributed by atoms with Crippen LogP contribution in [-0.2, 0) is 25.2 Å². The highest BCUT2D eigenvalue weighted by Gasteiger charge is 2.44. The zero-order valence-corrected chi connectivity index (χ0v) is 10.6. The average molecular weight is 263 g/mol. The number of carbonyl (C=O) groups is 1. The highest BCUT2D eigenvalue weighted by Crippen LogP contribution is 2.35. The fourth-order valence-corrected chi connectivity index (χ4v) is 2.69. The van der Waals surface area contributed by atoms with Gasteiger partial charge in [-0.1, -0.05) is 24.3 Å². The van der Waals surface area contributed by atoms with E-state index in [1.165, 1.54) is 0 Å². The first kappa shape index (κ1) is 12.6. The van der Waals surface area contributed by atoms with Crippen molar-refractivity contribution in [2.24, 2.45) is 5.73 Å². The normalized spacial score (nSPS) is 28.9. The summed E-state index contributed by atoms with van der Waals surface area (Å²) in [5, 5.41) is 9.48. The summed E-state index contributed by atoms with van der Waals surface area (Å²) in [6.45, 7) is 1.75. The van der Waals surface area contributed by atoms with Crippen molar-refractivity contribution in [3.05, 3.63) is 35.4 Å². The Bertz CT molecular complexity index is 487. The van der Waals surface area contributed by atoms with Gasteiger partial charge in [0.15, 0.2) is 0 Å². The lowest BCUT2D eigenvalue weighted by molar-refractivity contribution is -0.143. The molecule has 0 amide bonds. The van der Waals surface area contributed by atoms with Crippen molar-refractivity contribution in [2.75, 3.05) is 26.4 Å². The van der Waals surface area contributed by atoms with E-state index in [1.54, 1.807) is 0 Å². The van der Waals surface area contributed by atoms with Gasteiger partial charge in [0.2, 0.25) is 0 Å². The summed E-state index contributed by atoms with van der Waals surface area (Å²) in [6.07, 6.45) is 0.512. The van der Waals surface area contributed by atoms with E-state index >= 15 is 0 Å². The van der Waals surface area contributed by atoms with Gasteiger partial charge in [0.1, 0.15) is 5.41 Å². The number of hydrogen-bond donors (Lipinski definition) is 2. The standard InChI is InChI=1S/C14H17NO4/c15-14(8-19-9-14)11-3-1-10(2-4-11)13(12(16)17)5-6-18-7-13/h1-4H,5-9,15H2,(H,16,17). The molecule has 2 fully saturated rings. The predicted molar refractivity (Wildman–Crippen MR) is 67.9 cm³/mol. The number of carboxylic acids is 1. The van der Waals surface area contributed by atoms with Gasteiger partial charge in [0.05, 0.1) is 25.4 Å². The largest absolute Gasteiger partial charge is 0.481 e. The number of benzene rings is 1. The molecule has 102 valence electrons. The van der Waals surface area contributed by atoms with Crippen LogP contribution in [0.2, 0.25) is 0 Å². The lowest BCUT2D eigenvalue weighted by Crippen LogP contribution is -2.54. The summed E-state index contributed by atoms with van der Waals surface area (Å²) in [7, 11) is 0. The number of carboxylic acid groups (broad SMARTS) is 1. The van der Waals surface area contributed by atoms with Crippen LogP contribution in [0.25, 0.3) is 0 Å². The van der Waals surface area contributed by atoms with Gasteiger partial charge in [-0.3, -0.25) is 4.79 Å². The van der Waals surface area contributed by atoms with Crippen LogP contribution in [0.5, 0.6) is 0 Å². The molecule has 1 unspecified atom stereocenters. The van der Waals surface area contributed by atoms with E-state index < -0.39 is 16.9 Å². The second-order valence-electron chi connectivity index (χ2n) is 5.42. The summed E-state index contributed by atoms with van der Waals surface area (Å²) < 4.78 is 10.4. The molecule has 0 aromatic heterocycles. The first-order valence-electron chi connectivity index (χ1n) is 6.36. The van der Waals surface area contributed by atoms with Crippen LogP contribution in [-0.4, -0.2) is 37.5 Å². The molecule has 2 aliphatic rings. The maximum Gasteiger partial charge on any atom is 0.316 e. The van der Waals surface area contributed by atoms with Crippen molar-refractivity contribution in [2.45, 2.75) is 17.4 Å². The van der Waals surface area contributed by atoms with Crippen LogP contribution < -0.4 is 5.73 Å². The Kier molecular flexibility index (Phi) is 2.85. The van der Waals surface area contributed by atoms with Crippen LogP contribution in [0.1, 0.15) is 17.5 Å². The molecular formula is C14H17NO4. The molecule has 0 bridgehead atoms. The van der Waals surface area contributed by atoms with Crippen molar-refractivity contribution < 1.29 is 19.4 Å². The number of aliphatic carboxylic acids is 1. The third-order valence-electron chi connectivity index (χ3n) is 4.16. The van der Waals surface area contributed by atoms with Crippen LogP contribution in [0.3, 0.4) is 0 Å². The molecule has 3 rings (SSSR count). The van der Waals surface area contributed by atoms with Gasteiger partial charge in [0, 0.05) is 6.61 Å². The summed E-state index contributed by atoms with van der Waals surface area (Å²) in [4.78, 5) is 11.5. The van der Waals surface area contributed by atoms with Gasteiger partial charge in [-0.05, 0) is 17.5 Å². The number of ether oxygens (including phenoxy) is 2. The van der Waals surface area contributed by atoms with Gasteiger partial charge < -0.3 is 20.3 Å². The van der Waals surface area contributed by atoms with E-state index in [1.807, 2.05) is 24.3 Å². The average Bonchev–Trinajstić information content (AvgIpc) is 2.87. The molecule has 3 N–H and O–H groups in total. The molecule has 1 aromatic carbocycles. The van der Waals surface area contributed by atoms with Crippen molar-refractivity contribution in [1.82, 2.24) is 0 Å². The molecule has 0 aliphatic carbocycles. The Balaban J connectivity index is 1.91. The molecule has 1 atom stereocenters. The van der Waals surface area contributed by atoms with Crippen molar-refractivity contribution in [3.63, 3.8) is 0 Å². The zero-order chi connectivity index (χ0) is 13.5. The van der Waals surface area contributed by atoms with Gasteiger partial charge >= 0.3 is 5.97 Å². The van der Waals surface area contributed by atoms with Crippen LogP contribution in [0.4, 0.5) is 0 Å². The summed E-state index contributed by atoms with van der Waals surface area (Å²) >= 11 is 0. The fraction of sp³-hybridized carbons (Fsp3) is 0.500. The SMILES string of the molecule is NC1(c2ccc(C3(C(=O)O)CCOC3)cc2)COC1. The van der Waals surface area contributed by atoms with Gasteiger partial charge in [0.25, 0.3) is 0 Å². The third-order valence-corrected chi connectivity index (χ3v) is 4.16. The molecule has 2 heterocycles. The second kappa shape index (κ2) is 4.30. The Labute approximate surface area is 111 Å². The topological polar surface area (TPSA) is 81.8 Å². The maximum absolute atomic E-state index is 11.5. The van der Waals surface area contributed by atoms with E-state index in [0.29, 0.717) is 26.2 Å². The molecule has 0 spiro atoms. The quantitative estimate of drug-likeness (QED) is 0.835. The van der Waals surface area contributed by atoms with Crippen LogP contribution >= 0.6 is 0 Å². The number of hydrogen-bond acceptors (Lipinski definition) is 4. The maximum atomic E-state index is 11.5. The lowest BCUT2D eigenvalue weighted by atomic mass is 9.78. The summed E-state index contributed by atoms with van der Waals surface area (Å²) in [6, 6.07) is 7.51. The molecule has 2 aliphatic heterocycles. The highest BCUT2D eigenvalue weighted by molar-refractivity contribution is 5.82. The minimum atomic E-state index is -0.906. The molecule has 0 saturated carbocycles. The first-order valence-corrected chi connectivity index (χ1v) is 6.36. The molecule has 5 nitrogen and oxygen atoms in total. The summed E-state index contributed by atoms with van der Waals surface area (Å²) in [5.41, 5.74) is 6.60. The van der Waals surface area contributed by atoms with E-state index in [4.69, 9.17) is 15.2 Å². The molecule has 2 saturated heterocycles. The van der Waals surface area contributed by atoms with E-state index in [-0.39, 0.29) is 6.61 Å². The zero-order valence-electron chi connectivity index (χ0n) is 10.6. The molecule has 1 aromatic rings. The summed E-state index contributed by atoms with van der Waals surface area (Å²) in [5.74, 6) is -0.827. The van der Waals surface area contributed by atoms with Gasteiger partial charge in [-0.25, -0.2) is 0 Å². The monoisotopic (exact) mass is 263 g/mol. The van der Waals surface area contributed by atoms with E-state index in [9.17, 15) is 9.90 Å². The number of rotatable bonds is 3. The predicted octanol–water partition coefficient (Wildman–Crippen LogP) is 0.613. The minimum Gasteiger partial charge on any atom is -0.481 e. The Morgan fingerprint density at radius 1 is 1.11 bits per heavy atom. The van der Waals surface area contributed by atoms with Crippen molar-refractivity contribution in [3.8, 4) is 0 Å². The molecule has 19 heavy (non-hydrogen) atoms. The highest BCUT2D eigenvalue weighted by atomic mass is 16.5. The molecule has 5 heteroatoms. The lowest BCUT2D eigenvalue weighted by Gasteiger charge is -2.38. The van der Waals surface area contributed by atoms with Gasteiger partial charge in [-0.2, -0.15) is 0 Å². The van der Waals surface area contributed by atoms with E-state index in [2.05, 4.69) is 0 Å². The molecular weight excluding hydrogens is 246 g/mol.